The topological polar surface area (TPSA) is 26.9 Å². The lowest BCUT2D eigenvalue weighted by Crippen LogP contribution is -2.07. The molecule has 0 amide bonds. The summed E-state index contributed by atoms with van der Waals surface area (Å²) >= 11 is 0. The lowest BCUT2D eigenvalue weighted by Gasteiger charge is -2.18. The minimum absolute atomic E-state index is 0.0668. The van der Waals surface area contributed by atoms with Gasteiger partial charge in [0.15, 0.2) is 5.78 Å². The highest BCUT2D eigenvalue weighted by Gasteiger charge is 2.20. The maximum atomic E-state index is 12.9. The second-order valence-electron chi connectivity index (χ2n) is 12.5. The van der Waals surface area contributed by atoms with Gasteiger partial charge in [0, 0.05) is 32.8 Å². The summed E-state index contributed by atoms with van der Waals surface area (Å²) in [5.74, 6) is 0.0668. The molecular formula is C50H56N2O. The molecule has 2 aromatic heterocycles. The number of ketones is 1. The molecule has 0 N–H and O–H groups in total. The van der Waals surface area contributed by atoms with E-state index in [0.717, 1.165) is 51.0 Å². The van der Waals surface area contributed by atoms with Gasteiger partial charge in [-0.25, -0.2) is 0 Å². The molecule has 3 heteroatoms. The minimum Gasteiger partial charge on any atom is -0.309 e. The second kappa shape index (κ2) is 18.7. The normalized spacial score (nSPS) is 10.3. The molecule has 272 valence electrons. The summed E-state index contributed by atoms with van der Waals surface area (Å²) in [6.45, 7) is 23.8. The van der Waals surface area contributed by atoms with Crippen molar-refractivity contribution in [2.75, 3.05) is 0 Å². The van der Waals surface area contributed by atoms with Crippen molar-refractivity contribution in [3.05, 3.63) is 168 Å². The monoisotopic (exact) mass is 700 g/mol. The van der Waals surface area contributed by atoms with Gasteiger partial charge in [0.05, 0.1) is 27.8 Å². The smallest absolute Gasteiger partial charge is 0.160 e. The van der Waals surface area contributed by atoms with Gasteiger partial charge in [-0.05, 0) is 87.2 Å². The lowest BCUT2D eigenvalue weighted by molar-refractivity contribution is 0.101. The number of fused-ring (bicyclic) bond motifs is 6. The molecule has 0 saturated carbocycles. The Labute approximate surface area is 317 Å². The zero-order valence-corrected chi connectivity index (χ0v) is 33.4. The molecule has 53 heavy (non-hydrogen) atoms. The number of aryl methyl sites for hydroxylation is 1. The first kappa shape index (κ1) is 40.1. The Balaban J connectivity index is 0.000000313. The van der Waals surface area contributed by atoms with Crippen LogP contribution in [-0.4, -0.2) is 14.9 Å². The summed E-state index contributed by atoms with van der Waals surface area (Å²) in [6, 6.07) is 46.7. The average molecular weight is 701 g/mol. The van der Waals surface area contributed by atoms with Crippen LogP contribution in [0.1, 0.15) is 82.4 Å². The molecule has 0 radical (unpaired) electrons. The van der Waals surface area contributed by atoms with Crippen LogP contribution in [0.3, 0.4) is 0 Å². The fraction of sp³-hybridized carbons (Fsp3) is 0.220. The molecule has 0 bridgehead atoms. The van der Waals surface area contributed by atoms with E-state index in [1.54, 1.807) is 6.92 Å². The van der Waals surface area contributed by atoms with Crippen molar-refractivity contribution in [1.82, 2.24) is 9.13 Å². The zero-order valence-electron chi connectivity index (χ0n) is 33.4. The Morgan fingerprint density at radius 1 is 0.528 bits per heavy atom. The Kier molecular flexibility index (Phi) is 14.2. The van der Waals surface area contributed by atoms with Gasteiger partial charge in [-0.15, -0.1) is 0 Å². The first-order valence-electron chi connectivity index (χ1n) is 19.1. The molecule has 6 aromatic carbocycles. The summed E-state index contributed by atoms with van der Waals surface area (Å²) in [5.41, 5.74) is 12.2. The number of carbonyl (C=O) groups excluding carboxylic acids is 1. The third-order valence-corrected chi connectivity index (χ3v) is 9.16. The van der Waals surface area contributed by atoms with Gasteiger partial charge < -0.3 is 9.13 Å². The Hall–Kier alpha value is -5.67. The molecule has 8 aromatic rings. The highest BCUT2D eigenvalue weighted by atomic mass is 16.1. The number of carbonyl (C=O) groups is 1. The van der Waals surface area contributed by atoms with Gasteiger partial charge >= 0.3 is 0 Å². The summed E-state index contributed by atoms with van der Waals surface area (Å²) in [7, 11) is 0. The third kappa shape index (κ3) is 8.21. The van der Waals surface area contributed by atoms with Gasteiger partial charge in [0.1, 0.15) is 0 Å². The van der Waals surface area contributed by atoms with Crippen molar-refractivity contribution >= 4 is 49.4 Å². The van der Waals surface area contributed by atoms with E-state index in [1.165, 1.54) is 38.2 Å². The number of Topliss-reactive ketones (excluding diaryl/α,β-unsaturated/α-hetero) is 1. The summed E-state index contributed by atoms with van der Waals surface area (Å²) in [6.07, 6.45) is 1.01. The number of hydrogen-bond acceptors (Lipinski definition) is 1. The Bertz CT molecular complexity index is 2370. The SMILES string of the molecule is C=C(C)Cc1ccccc1C.CC.CC.CC.CC(=O)c1cc(-n2c3ccccc3c3ccccc32)cc(-n2c3ccccc3c3ccccc32)c1C. The molecule has 0 aliphatic carbocycles. The number of allylic oxidation sites excluding steroid dienone is 1. The van der Waals surface area contributed by atoms with Crippen LogP contribution in [0, 0.1) is 13.8 Å². The highest BCUT2D eigenvalue weighted by Crippen LogP contribution is 2.37. The van der Waals surface area contributed by atoms with Crippen LogP contribution in [-0.2, 0) is 6.42 Å². The number of benzene rings is 6. The van der Waals surface area contributed by atoms with Crippen LogP contribution in [0.5, 0.6) is 0 Å². The van der Waals surface area contributed by atoms with E-state index in [0.29, 0.717) is 0 Å². The van der Waals surface area contributed by atoms with E-state index in [1.807, 2.05) is 47.6 Å². The number of aromatic nitrogens is 2. The van der Waals surface area contributed by atoms with Crippen molar-refractivity contribution in [3.63, 3.8) is 0 Å². The second-order valence-corrected chi connectivity index (χ2v) is 12.5. The molecule has 0 unspecified atom stereocenters. The molecule has 0 aliphatic rings. The zero-order chi connectivity index (χ0) is 38.7. The predicted octanol–water partition coefficient (Wildman–Crippen LogP) is 14.6. The van der Waals surface area contributed by atoms with Crippen LogP contribution in [0.25, 0.3) is 55.0 Å². The number of para-hydroxylation sites is 4. The van der Waals surface area contributed by atoms with Gasteiger partial charge in [0.25, 0.3) is 0 Å². The van der Waals surface area contributed by atoms with E-state index < -0.39 is 0 Å². The van der Waals surface area contributed by atoms with Gasteiger partial charge in [-0.2, -0.15) is 0 Å². The summed E-state index contributed by atoms with van der Waals surface area (Å²) < 4.78 is 4.59. The number of nitrogens with zero attached hydrogens (tertiary/aromatic N) is 2. The molecule has 0 aliphatic heterocycles. The van der Waals surface area contributed by atoms with E-state index in [4.69, 9.17) is 0 Å². The van der Waals surface area contributed by atoms with Gasteiger partial charge in [0.2, 0.25) is 0 Å². The van der Waals surface area contributed by atoms with Gasteiger partial charge in [-0.1, -0.05) is 151 Å². The third-order valence-electron chi connectivity index (χ3n) is 9.16. The van der Waals surface area contributed by atoms with E-state index in [2.05, 4.69) is 164 Å². The first-order chi connectivity index (χ1) is 25.8. The van der Waals surface area contributed by atoms with Crippen molar-refractivity contribution in [3.8, 4) is 11.4 Å². The van der Waals surface area contributed by atoms with E-state index >= 15 is 0 Å². The molecular weight excluding hydrogens is 645 g/mol. The predicted molar refractivity (Wildman–Crippen MR) is 234 cm³/mol. The van der Waals surface area contributed by atoms with Crippen LogP contribution < -0.4 is 0 Å². The van der Waals surface area contributed by atoms with Crippen LogP contribution in [0.15, 0.2) is 146 Å². The summed E-state index contributed by atoms with van der Waals surface area (Å²) in [4.78, 5) is 12.9. The van der Waals surface area contributed by atoms with Crippen LogP contribution in [0.4, 0.5) is 0 Å². The van der Waals surface area contributed by atoms with E-state index in [-0.39, 0.29) is 5.78 Å². The molecule has 3 nitrogen and oxygen atoms in total. The van der Waals surface area contributed by atoms with Crippen molar-refractivity contribution in [1.29, 1.82) is 0 Å². The highest BCUT2D eigenvalue weighted by molar-refractivity contribution is 6.11. The Morgan fingerprint density at radius 2 is 0.906 bits per heavy atom. The first-order valence-corrected chi connectivity index (χ1v) is 19.1. The average Bonchev–Trinajstić information content (AvgIpc) is 3.71. The molecule has 0 atom stereocenters. The molecule has 0 saturated heterocycles. The van der Waals surface area contributed by atoms with Crippen molar-refractivity contribution in [2.45, 2.75) is 75.7 Å². The van der Waals surface area contributed by atoms with Gasteiger partial charge in [-0.3, -0.25) is 4.79 Å². The summed E-state index contributed by atoms with van der Waals surface area (Å²) in [5, 5.41) is 4.83. The molecule has 0 fully saturated rings. The standard InChI is InChI=1S/C33H24N2O.C11H14.3C2H6/c1-21-28(22(2)36)19-23(34-29-15-7-3-11-24(29)25-12-4-8-16-30(25)34)20-33(21)35-31-17-9-5-13-26(31)27-14-6-10-18-32(27)35;1-9(2)8-11-7-5-4-6-10(11)3;3*1-2/h3-20H,1-2H3;4-7H,1,8H2,2-3H3;3*1-2H3. The minimum atomic E-state index is 0.0668. The quantitative estimate of drug-likeness (QED) is 0.130. The maximum absolute atomic E-state index is 12.9. The lowest BCUT2D eigenvalue weighted by atomic mass is 10.0. The number of rotatable bonds is 5. The molecule has 2 heterocycles. The van der Waals surface area contributed by atoms with Crippen LogP contribution >= 0.6 is 0 Å². The van der Waals surface area contributed by atoms with Crippen molar-refractivity contribution in [2.24, 2.45) is 0 Å². The fourth-order valence-corrected chi connectivity index (χ4v) is 6.93. The molecule has 8 rings (SSSR count). The Morgan fingerprint density at radius 3 is 1.30 bits per heavy atom. The number of hydrogen-bond donors (Lipinski definition) is 0. The fourth-order valence-electron chi connectivity index (χ4n) is 6.93. The molecule has 0 spiro atoms. The largest absolute Gasteiger partial charge is 0.309 e. The van der Waals surface area contributed by atoms with Crippen molar-refractivity contribution < 1.29 is 4.79 Å². The van der Waals surface area contributed by atoms with E-state index in [9.17, 15) is 4.79 Å². The van der Waals surface area contributed by atoms with Crippen LogP contribution in [0.2, 0.25) is 0 Å². The maximum Gasteiger partial charge on any atom is 0.160 e.